The Bertz CT molecular complexity index is 373. The van der Waals surface area contributed by atoms with Crippen LogP contribution < -0.4 is 5.32 Å². The van der Waals surface area contributed by atoms with Crippen molar-refractivity contribution in [2.75, 3.05) is 6.54 Å². The molecule has 3 nitrogen and oxygen atoms in total. The molecule has 0 saturated carbocycles. The van der Waals surface area contributed by atoms with Gasteiger partial charge in [0.2, 0.25) is 0 Å². The van der Waals surface area contributed by atoms with Gasteiger partial charge in [0.25, 0.3) is 0 Å². The fourth-order valence-electron chi connectivity index (χ4n) is 2.66. The third-order valence-corrected chi connectivity index (χ3v) is 3.99. The van der Waals surface area contributed by atoms with Crippen LogP contribution in [-0.4, -0.2) is 16.3 Å². The summed E-state index contributed by atoms with van der Waals surface area (Å²) in [6.07, 6.45) is 5.48. The molecule has 0 bridgehead atoms. The number of halogens is 1. The molecule has 1 aliphatic rings. The molecule has 2 heterocycles. The normalized spacial score (nSPS) is 25.5. The van der Waals surface area contributed by atoms with Crippen molar-refractivity contribution in [2.24, 2.45) is 5.92 Å². The van der Waals surface area contributed by atoms with Gasteiger partial charge in [-0.1, -0.05) is 24.9 Å². The predicted octanol–water partition coefficient (Wildman–Crippen LogP) is 3.57. The van der Waals surface area contributed by atoms with Gasteiger partial charge in [-0.3, -0.25) is 4.68 Å². The van der Waals surface area contributed by atoms with Crippen molar-refractivity contribution < 1.29 is 0 Å². The number of nitrogens with one attached hydrogen (secondary N) is 1. The van der Waals surface area contributed by atoms with Crippen LogP contribution in [0.3, 0.4) is 0 Å². The van der Waals surface area contributed by atoms with E-state index >= 15 is 0 Å². The molecule has 1 aliphatic heterocycles. The van der Waals surface area contributed by atoms with Gasteiger partial charge >= 0.3 is 0 Å². The van der Waals surface area contributed by atoms with E-state index in [0.29, 0.717) is 12.1 Å². The third kappa shape index (κ3) is 2.66. The number of aromatic nitrogens is 2. The van der Waals surface area contributed by atoms with Gasteiger partial charge in [-0.05, 0) is 39.2 Å². The van der Waals surface area contributed by atoms with Gasteiger partial charge in [0.15, 0.2) is 0 Å². The molecule has 2 atom stereocenters. The molecule has 0 amide bonds. The molecule has 96 valence electrons. The van der Waals surface area contributed by atoms with E-state index in [9.17, 15) is 0 Å². The second kappa shape index (κ2) is 5.40. The monoisotopic (exact) mass is 255 g/mol. The number of rotatable bonds is 3. The number of piperidine rings is 1. The molecule has 1 fully saturated rings. The van der Waals surface area contributed by atoms with Crippen LogP contribution >= 0.6 is 11.6 Å². The highest BCUT2D eigenvalue weighted by Gasteiger charge is 2.27. The Balaban J connectivity index is 2.23. The summed E-state index contributed by atoms with van der Waals surface area (Å²) >= 11 is 6.29. The minimum atomic E-state index is 0.362. The second-order valence-corrected chi connectivity index (χ2v) is 5.63. The summed E-state index contributed by atoms with van der Waals surface area (Å²) in [7, 11) is 0. The molecule has 0 aliphatic carbocycles. The van der Waals surface area contributed by atoms with Gasteiger partial charge < -0.3 is 5.32 Å². The van der Waals surface area contributed by atoms with Crippen molar-refractivity contribution >= 4 is 11.6 Å². The Morgan fingerprint density at radius 1 is 1.59 bits per heavy atom. The molecule has 0 aromatic carbocycles. The van der Waals surface area contributed by atoms with Crippen LogP contribution in [0, 0.1) is 5.92 Å². The molecule has 2 rings (SSSR count). The highest BCUT2D eigenvalue weighted by molar-refractivity contribution is 6.31. The van der Waals surface area contributed by atoms with Gasteiger partial charge in [-0.2, -0.15) is 5.10 Å². The topological polar surface area (TPSA) is 29.9 Å². The molecule has 0 radical (unpaired) electrons. The average Bonchev–Trinajstić information content (AvgIpc) is 2.71. The first kappa shape index (κ1) is 12.9. The Morgan fingerprint density at radius 3 is 3.00 bits per heavy atom. The van der Waals surface area contributed by atoms with Gasteiger partial charge in [0.05, 0.1) is 23.0 Å². The SMILES string of the molecule is CCC1CCNC(c2c(Cl)cnn2C(C)C)C1. The summed E-state index contributed by atoms with van der Waals surface area (Å²) in [5.74, 6) is 0.813. The number of hydrogen-bond acceptors (Lipinski definition) is 2. The second-order valence-electron chi connectivity index (χ2n) is 5.22. The predicted molar refractivity (Wildman–Crippen MR) is 71.4 cm³/mol. The van der Waals surface area contributed by atoms with Crippen LogP contribution in [-0.2, 0) is 0 Å². The maximum absolute atomic E-state index is 6.29. The smallest absolute Gasteiger partial charge is 0.0834 e. The lowest BCUT2D eigenvalue weighted by Crippen LogP contribution is -2.33. The average molecular weight is 256 g/mol. The standard InChI is InChI=1S/C13H22ClN3/c1-4-10-5-6-15-12(7-10)13-11(14)8-16-17(13)9(2)3/h8-10,12,15H,4-7H2,1-3H3. The molecular weight excluding hydrogens is 234 g/mol. The quantitative estimate of drug-likeness (QED) is 0.895. The molecule has 1 aromatic rings. The van der Waals surface area contributed by atoms with Crippen LogP contribution in [0.15, 0.2) is 6.20 Å². The van der Waals surface area contributed by atoms with Crippen molar-refractivity contribution in [2.45, 2.75) is 52.1 Å². The van der Waals surface area contributed by atoms with Crippen LogP contribution in [0.4, 0.5) is 0 Å². The minimum absolute atomic E-state index is 0.362. The molecule has 0 spiro atoms. The first-order valence-electron chi connectivity index (χ1n) is 6.59. The van der Waals surface area contributed by atoms with Crippen LogP contribution in [0.25, 0.3) is 0 Å². The lowest BCUT2D eigenvalue weighted by atomic mass is 9.89. The van der Waals surface area contributed by atoms with E-state index in [1.165, 1.54) is 25.0 Å². The molecule has 1 saturated heterocycles. The molecule has 2 unspecified atom stereocenters. The van der Waals surface area contributed by atoms with Gasteiger partial charge in [0, 0.05) is 6.04 Å². The Hall–Kier alpha value is -0.540. The lowest BCUT2D eigenvalue weighted by Gasteiger charge is -2.31. The summed E-state index contributed by atoms with van der Waals surface area (Å²) in [5.41, 5.74) is 1.17. The van der Waals surface area contributed by atoms with E-state index in [1.54, 1.807) is 6.20 Å². The molecule has 17 heavy (non-hydrogen) atoms. The van der Waals surface area contributed by atoms with Crippen molar-refractivity contribution in [3.05, 3.63) is 16.9 Å². The molecule has 4 heteroatoms. The Labute approximate surface area is 109 Å². The van der Waals surface area contributed by atoms with Gasteiger partial charge in [0.1, 0.15) is 0 Å². The maximum atomic E-state index is 6.29. The summed E-state index contributed by atoms with van der Waals surface area (Å²) in [4.78, 5) is 0. The first-order valence-corrected chi connectivity index (χ1v) is 6.97. The maximum Gasteiger partial charge on any atom is 0.0834 e. The van der Waals surface area contributed by atoms with E-state index in [0.717, 1.165) is 17.5 Å². The van der Waals surface area contributed by atoms with E-state index in [4.69, 9.17) is 11.6 Å². The third-order valence-electron chi connectivity index (χ3n) is 3.70. The van der Waals surface area contributed by atoms with E-state index in [1.807, 2.05) is 0 Å². The Kier molecular flexibility index (Phi) is 4.10. The highest BCUT2D eigenvalue weighted by Crippen LogP contribution is 2.33. The van der Waals surface area contributed by atoms with E-state index < -0.39 is 0 Å². The van der Waals surface area contributed by atoms with Gasteiger partial charge in [-0.15, -0.1) is 0 Å². The molecule has 1 aromatic heterocycles. The van der Waals surface area contributed by atoms with Crippen LogP contribution in [0.5, 0.6) is 0 Å². The van der Waals surface area contributed by atoms with Crippen molar-refractivity contribution in [3.8, 4) is 0 Å². The summed E-state index contributed by atoms with van der Waals surface area (Å²) in [6, 6.07) is 0.729. The van der Waals surface area contributed by atoms with Crippen molar-refractivity contribution in [3.63, 3.8) is 0 Å². The zero-order valence-corrected chi connectivity index (χ0v) is 11.7. The van der Waals surface area contributed by atoms with E-state index in [-0.39, 0.29) is 0 Å². The first-order chi connectivity index (χ1) is 8.13. The summed E-state index contributed by atoms with van der Waals surface area (Å²) in [5, 5.41) is 8.76. The van der Waals surface area contributed by atoms with Crippen molar-refractivity contribution in [1.82, 2.24) is 15.1 Å². The van der Waals surface area contributed by atoms with Crippen molar-refractivity contribution in [1.29, 1.82) is 0 Å². The van der Waals surface area contributed by atoms with E-state index in [2.05, 4.69) is 35.9 Å². The minimum Gasteiger partial charge on any atom is -0.309 e. The fourth-order valence-corrected chi connectivity index (χ4v) is 2.93. The highest BCUT2D eigenvalue weighted by atomic mass is 35.5. The van der Waals surface area contributed by atoms with Gasteiger partial charge in [-0.25, -0.2) is 0 Å². The zero-order chi connectivity index (χ0) is 12.4. The lowest BCUT2D eigenvalue weighted by molar-refractivity contribution is 0.285. The Morgan fingerprint density at radius 2 is 2.35 bits per heavy atom. The number of nitrogens with zero attached hydrogens (tertiary/aromatic N) is 2. The molecule has 1 N–H and O–H groups in total. The number of hydrogen-bond donors (Lipinski definition) is 1. The molecular formula is C13H22ClN3. The van der Waals surface area contributed by atoms with Crippen LogP contribution in [0.1, 0.15) is 57.8 Å². The zero-order valence-electron chi connectivity index (χ0n) is 10.9. The van der Waals surface area contributed by atoms with Crippen LogP contribution in [0.2, 0.25) is 5.02 Å². The summed E-state index contributed by atoms with van der Waals surface area (Å²) in [6.45, 7) is 7.65. The fraction of sp³-hybridized carbons (Fsp3) is 0.769. The largest absolute Gasteiger partial charge is 0.309 e. The summed E-state index contributed by atoms with van der Waals surface area (Å²) < 4.78 is 2.05.